The van der Waals surface area contributed by atoms with E-state index in [-0.39, 0.29) is 0 Å². The summed E-state index contributed by atoms with van der Waals surface area (Å²) in [5.41, 5.74) is 2.79. The molecule has 0 aromatic rings. The van der Waals surface area contributed by atoms with Crippen molar-refractivity contribution in [2.75, 3.05) is 0 Å². The van der Waals surface area contributed by atoms with Crippen LogP contribution in [0.5, 0.6) is 0 Å². The standard InChI is InChI=1S/C6H6N2/c1-6-7-4-2-3-5-8-6/h2,4-5H,1H3. The lowest BCUT2D eigenvalue weighted by atomic mass is 10.6. The Kier molecular flexibility index (Phi) is 1.40. The molecular weight excluding hydrogens is 100 g/mol. The van der Waals surface area contributed by atoms with Gasteiger partial charge in [0.15, 0.2) is 0 Å². The van der Waals surface area contributed by atoms with Crippen LogP contribution in [0.4, 0.5) is 0 Å². The average Bonchev–Trinajstić information content (AvgIpc) is 1.94. The predicted molar refractivity (Wildman–Crippen MR) is 34.3 cm³/mol. The minimum atomic E-state index is 0.770. The van der Waals surface area contributed by atoms with Crippen molar-refractivity contribution >= 4 is 12.1 Å². The summed E-state index contributed by atoms with van der Waals surface area (Å²) < 4.78 is 0. The highest BCUT2D eigenvalue weighted by molar-refractivity contribution is 5.91. The van der Waals surface area contributed by atoms with Gasteiger partial charge in [0.25, 0.3) is 0 Å². The number of nitrogens with zero attached hydrogens (tertiary/aromatic N) is 2. The zero-order valence-electron chi connectivity index (χ0n) is 4.63. The van der Waals surface area contributed by atoms with E-state index in [0.29, 0.717) is 0 Å². The highest BCUT2D eigenvalue weighted by Crippen LogP contribution is 1.83. The fraction of sp³-hybridized carbons (Fsp3) is 0.167. The van der Waals surface area contributed by atoms with E-state index >= 15 is 0 Å². The highest BCUT2D eigenvalue weighted by atomic mass is 14.9. The molecule has 1 aliphatic heterocycles. The quantitative estimate of drug-likeness (QED) is 0.414. The van der Waals surface area contributed by atoms with E-state index in [2.05, 4.69) is 15.7 Å². The van der Waals surface area contributed by atoms with Crippen LogP contribution in [-0.2, 0) is 0 Å². The minimum Gasteiger partial charge on any atom is -0.241 e. The molecule has 0 radical (unpaired) electrons. The van der Waals surface area contributed by atoms with Crippen LogP contribution in [-0.4, -0.2) is 12.1 Å². The number of allylic oxidation sites excluding steroid dienone is 1. The third kappa shape index (κ3) is 1.17. The first-order valence-corrected chi connectivity index (χ1v) is 2.37. The Bertz CT molecular complexity index is 193. The summed E-state index contributed by atoms with van der Waals surface area (Å²) >= 11 is 0. The lowest BCUT2D eigenvalue weighted by Gasteiger charge is -1.79. The minimum absolute atomic E-state index is 0.770. The molecule has 1 heterocycles. The molecule has 2 nitrogen and oxygen atoms in total. The van der Waals surface area contributed by atoms with Crippen molar-refractivity contribution < 1.29 is 0 Å². The molecule has 0 spiro atoms. The van der Waals surface area contributed by atoms with E-state index < -0.39 is 0 Å². The van der Waals surface area contributed by atoms with Gasteiger partial charge in [-0.2, -0.15) is 0 Å². The van der Waals surface area contributed by atoms with Crippen molar-refractivity contribution in [2.45, 2.75) is 6.92 Å². The summed E-state index contributed by atoms with van der Waals surface area (Å²) in [6.45, 7) is 1.84. The number of hydrogen-bond acceptors (Lipinski definition) is 2. The maximum absolute atomic E-state index is 3.90. The van der Waals surface area contributed by atoms with Crippen LogP contribution in [0.1, 0.15) is 6.92 Å². The second kappa shape index (κ2) is 2.24. The SMILES string of the molecule is CC1=NC=C=CC=N1. The predicted octanol–water partition coefficient (Wildman–Crippen LogP) is 1.16. The lowest BCUT2D eigenvalue weighted by molar-refractivity contribution is 1.48. The second-order valence-corrected chi connectivity index (χ2v) is 1.42. The molecule has 0 unspecified atom stereocenters. The Morgan fingerprint density at radius 2 is 2.50 bits per heavy atom. The van der Waals surface area contributed by atoms with Crippen molar-refractivity contribution in [3.05, 3.63) is 18.0 Å². The molecule has 2 heteroatoms. The lowest BCUT2D eigenvalue weighted by Crippen LogP contribution is -1.80. The molecule has 8 heavy (non-hydrogen) atoms. The van der Waals surface area contributed by atoms with E-state index in [9.17, 15) is 0 Å². The van der Waals surface area contributed by atoms with Crippen LogP contribution in [0.3, 0.4) is 0 Å². The van der Waals surface area contributed by atoms with E-state index in [1.54, 1.807) is 18.5 Å². The van der Waals surface area contributed by atoms with Crippen molar-refractivity contribution in [1.29, 1.82) is 0 Å². The molecule has 1 rings (SSSR count). The number of amidine groups is 1. The number of rotatable bonds is 0. The van der Waals surface area contributed by atoms with Crippen molar-refractivity contribution in [3.63, 3.8) is 0 Å². The van der Waals surface area contributed by atoms with Gasteiger partial charge in [-0.15, -0.1) is 0 Å². The van der Waals surface area contributed by atoms with E-state index in [0.717, 1.165) is 5.84 Å². The molecule has 0 aromatic heterocycles. The topological polar surface area (TPSA) is 24.7 Å². The molecule has 40 valence electrons. The van der Waals surface area contributed by atoms with Crippen molar-refractivity contribution in [1.82, 2.24) is 0 Å². The molecule has 0 aliphatic carbocycles. The third-order valence-corrected chi connectivity index (χ3v) is 0.758. The molecule has 0 bridgehead atoms. The summed E-state index contributed by atoms with van der Waals surface area (Å²) in [5.74, 6) is 0.770. The molecule has 0 atom stereocenters. The van der Waals surface area contributed by atoms with Gasteiger partial charge < -0.3 is 0 Å². The molecule has 0 aromatic carbocycles. The van der Waals surface area contributed by atoms with E-state index in [1.807, 2.05) is 6.92 Å². The van der Waals surface area contributed by atoms with Crippen LogP contribution in [0.25, 0.3) is 0 Å². The van der Waals surface area contributed by atoms with Crippen LogP contribution < -0.4 is 0 Å². The van der Waals surface area contributed by atoms with Gasteiger partial charge in [0.2, 0.25) is 0 Å². The van der Waals surface area contributed by atoms with Crippen molar-refractivity contribution in [3.8, 4) is 0 Å². The Morgan fingerprint density at radius 1 is 1.62 bits per heavy atom. The second-order valence-electron chi connectivity index (χ2n) is 1.42. The Morgan fingerprint density at radius 3 is 3.38 bits per heavy atom. The number of aliphatic imine (C=N–C) groups is 2. The van der Waals surface area contributed by atoms with Crippen LogP contribution in [0.15, 0.2) is 28.0 Å². The number of hydrogen-bond donors (Lipinski definition) is 0. The Balaban J connectivity index is 2.90. The summed E-state index contributed by atoms with van der Waals surface area (Å²) in [6.07, 6.45) is 4.99. The third-order valence-electron chi connectivity index (χ3n) is 0.758. The maximum Gasteiger partial charge on any atom is 0.125 e. The van der Waals surface area contributed by atoms with Crippen molar-refractivity contribution in [2.24, 2.45) is 9.98 Å². The molecular formula is C6H6N2. The maximum atomic E-state index is 3.90. The Hall–Kier alpha value is -1.14. The van der Waals surface area contributed by atoms with Gasteiger partial charge in [0, 0.05) is 12.3 Å². The zero-order valence-corrected chi connectivity index (χ0v) is 4.63. The highest BCUT2D eigenvalue weighted by Gasteiger charge is 1.79. The summed E-state index contributed by atoms with van der Waals surface area (Å²) in [4.78, 5) is 7.77. The van der Waals surface area contributed by atoms with Crippen LogP contribution in [0, 0.1) is 0 Å². The molecule has 1 aliphatic rings. The van der Waals surface area contributed by atoms with Gasteiger partial charge in [-0.1, -0.05) is 5.73 Å². The largest absolute Gasteiger partial charge is 0.241 e. The first-order chi connectivity index (χ1) is 3.89. The van der Waals surface area contributed by atoms with E-state index in [4.69, 9.17) is 0 Å². The van der Waals surface area contributed by atoms with Crippen LogP contribution in [0.2, 0.25) is 0 Å². The average molecular weight is 106 g/mol. The van der Waals surface area contributed by atoms with Gasteiger partial charge in [-0.25, -0.2) is 9.98 Å². The molecule has 0 amide bonds. The van der Waals surface area contributed by atoms with Gasteiger partial charge in [-0.3, -0.25) is 0 Å². The molecule has 0 fully saturated rings. The van der Waals surface area contributed by atoms with Gasteiger partial charge in [0.05, 0.1) is 6.20 Å². The molecule has 0 saturated carbocycles. The molecule has 0 N–H and O–H groups in total. The van der Waals surface area contributed by atoms with Gasteiger partial charge >= 0.3 is 0 Å². The fourth-order valence-electron chi connectivity index (χ4n) is 0.395. The fourth-order valence-corrected chi connectivity index (χ4v) is 0.395. The summed E-state index contributed by atoms with van der Waals surface area (Å²) in [7, 11) is 0. The normalized spacial score (nSPS) is 15.9. The monoisotopic (exact) mass is 106 g/mol. The smallest absolute Gasteiger partial charge is 0.125 e. The van der Waals surface area contributed by atoms with Gasteiger partial charge in [0.1, 0.15) is 5.84 Å². The first kappa shape index (κ1) is 5.01. The Labute approximate surface area is 48.0 Å². The summed E-state index contributed by atoms with van der Waals surface area (Å²) in [5, 5.41) is 0. The van der Waals surface area contributed by atoms with Gasteiger partial charge in [-0.05, 0) is 6.92 Å². The van der Waals surface area contributed by atoms with Crippen LogP contribution >= 0.6 is 0 Å². The first-order valence-electron chi connectivity index (χ1n) is 2.37. The van der Waals surface area contributed by atoms with E-state index in [1.165, 1.54) is 0 Å². The zero-order chi connectivity index (χ0) is 5.82. The summed E-state index contributed by atoms with van der Waals surface area (Å²) in [6, 6.07) is 0. The molecule has 0 saturated heterocycles.